The minimum absolute atomic E-state index is 0. The molecular formula is C21H29Cl2N3O. The lowest BCUT2D eigenvalue weighted by Gasteiger charge is -2.41. The third-order valence-electron chi connectivity index (χ3n) is 5.05. The van der Waals surface area contributed by atoms with Crippen LogP contribution in [0.3, 0.4) is 0 Å². The smallest absolute Gasteiger partial charge is 0.224 e. The van der Waals surface area contributed by atoms with Crippen LogP contribution in [0.25, 0.3) is 0 Å². The van der Waals surface area contributed by atoms with E-state index in [1.807, 2.05) is 24.3 Å². The van der Waals surface area contributed by atoms with Crippen LogP contribution in [0.2, 0.25) is 0 Å². The van der Waals surface area contributed by atoms with Crippen molar-refractivity contribution in [1.82, 2.24) is 10.2 Å². The van der Waals surface area contributed by atoms with Gasteiger partial charge in [0.05, 0.1) is 6.42 Å². The van der Waals surface area contributed by atoms with Crippen molar-refractivity contribution in [2.75, 3.05) is 18.8 Å². The number of nitrogens with two attached hydrogens (primary N) is 1. The molecule has 0 aliphatic carbocycles. The number of nitrogens with one attached hydrogen (secondary N) is 1. The van der Waals surface area contributed by atoms with Crippen molar-refractivity contribution in [3.8, 4) is 0 Å². The summed E-state index contributed by atoms with van der Waals surface area (Å²) in [5.41, 5.74) is 10.2. The van der Waals surface area contributed by atoms with Crippen molar-refractivity contribution in [2.45, 2.75) is 38.8 Å². The van der Waals surface area contributed by atoms with E-state index in [2.05, 4.69) is 48.3 Å². The van der Waals surface area contributed by atoms with Gasteiger partial charge in [0.15, 0.2) is 0 Å². The van der Waals surface area contributed by atoms with Gasteiger partial charge in [0.25, 0.3) is 0 Å². The van der Waals surface area contributed by atoms with Crippen LogP contribution in [-0.2, 0) is 24.2 Å². The number of rotatable bonds is 5. The normalized spacial score (nSPS) is 13.7. The maximum Gasteiger partial charge on any atom is 0.224 e. The molecule has 1 aliphatic rings. The minimum atomic E-state index is -0.0791. The molecular weight excluding hydrogens is 381 g/mol. The van der Waals surface area contributed by atoms with Gasteiger partial charge in [0.1, 0.15) is 0 Å². The maximum absolute atomic E-state index is 12.3. The molecule has 0 radical (unpaired) electrons. The highest BCUT2D eigenvalue weighted by Gasteiger charge is 2.29. The summed E-state index contributed by atoms with van der Waals surface area (Å²) in [5, 5.41) is 3.10. The molecule has 0 fully saturated rings. The molecule has 3 rings (SSSR count). The van der Waals surface area contributed by atoms with E-state index in [1.54, 1.807) is 0 Å². The fourth-order valence-electron chi connectivity index (χ4n) is 3.32. The third-order valence-corrected chi connectivity index (χ3v) is 5.05. The van der Waals surface area contributed by atoms with Gasteiger partial charge < -0.3 is 11.1 Å². The second kappa shape index (κ2) is 9.98. The van der Waals surface area contributed by atoms with Gasteiger partial charge in [-0.3, -0.25) is 9.69 Å². The summed E-state index contributed by atoms with van der Waals surface area (Å²) in [7, 11) is 0. The largest absolute Gasteiger partial charge is 0.399 e. The number of anilines is 1. The maximum atomic E-state index is 12.3. The molecule has 0 atom stereocenters. The van der Waals surface area contributed by atoms with E-state index in [9.17, 15) is 4.79 Å². The first-order valence-corrected chi connectivity index (χ1v) is 8.87. The molecule has 4 nitrogen and oxygen atoms in total. The molecule has 0 spiro atoms. The molecule has 0 saturated carbocycles. The van der Waals surface area contributed by atoms with E-state index >= 15 is 0 Å². The molecule has 148 valence electrons. The molecule has 2 aromatic carbocycles. The first-order chi connectivity index (χ1) is 11.9. The van der Waals surface area contributed by atoms with Crippen molar-refractivity contribution >= 4 is 36.4 Å². The van der Waals surface area contributed by atoms with Crippen LogP contribution < -0.4 is 11.1 Å². The van der Waals surface area contributed by atoms with Gasteiger partial charge >= 0.3 is 0 Å². The summed E-state index contributed by atoms with van der Waals surface area (Å²) in [6.07, 6.45) is 1.46. The first kappa shape index (κ1) is 23.3. The number of halogens is 2. The number of nitrogens with zero attached hydrogens (tertiary/aromatic N) is 1. The summed E-state index contributed by atoms with van der Waals surface area (Å²) in [6.45, 7) is 7.01. The zero-order valence-electron chi connectivity index (χ0n) is 15.9. The quantitative estimate of drug-likeness (QED) is 0.741. The van der Waals surface area contributed by atoms with Gasteiger partial charge in [-0.25, -0.2) is 0 Å². The number of carbonyl (C=O) groups is 1. The Bertz CT molecular complexity index is 747. The van der Waals surface area contributed by atoms with E-state index in [0.717, 1.165) is 30.8 Å². The fraction of sp³-hybridized carbons (Fsp3) is 0.381. The van der Waals surface area contributed by atoms with Crippen molar-refractivity contribution in [1.29, 1.82) is 0 Å². The van der Waals surface area contributed by atoms with E-state index in [0.29, 0.717) is 13.0 Å². The summed E-state index contributed by atoms with van der Waals surface area (Å²) >= 11 is 0. The Kier molecular flexibility index (Phi) is 8.60. The number of hydrogen-bond donors (Lipinski definition) is 2. The number of hydrogen-bond acceptors (Lipinski definition) is 3. The highest BCUT2D eigenvalue weighted by molar-refractivity contribution is 5.85. The van der Waals surface area contributed by atoms with Gasteiger partial charge in [-0.15, -0.1) is 24.8 Å². The summed E-state index contributed by atoms with van der Waals surface area (Å²) in [6, 6.07) is 16.1. The van der Waals surface area contributed by atoms with Gasteiger partial charge in [-0.2, -0.15) is 0 Å². The Morgan fingerprint density at radius 1 is 1.07 bits per heavy atom. The fourth-order valence-corrected chi connectivity index (χ4v) is 3.32. The van der Waals surface area contributed by atoms with Gasteiger partial charge in [-0.05, 0) is 49.1 Å². The molecule has 1 aliphatic heterocycles. The lowest BCUT2D eigenvalue weighted by molar-refractivity contribution is -0.121. The number of carbonyl (C=O) groups excluding carboxylic acids is 1. The van der Waals surface area contributed by atoms with Gasteiger partial charge in [0.2, 0.25) is 5.91 Å². The molecule has 0 aromatic heterocycles. The Balaban J connectivity index is 0.00000182. The Labute approximate surface area is 174 Å². The highest BCUT2D eigenvalue weighted by atomic mass is 35.5. The molecule has 0 unspecified atom stereocenters. The average Bonchev–Trinajstić information content (AvgIpc) is 2.62. The number of fused-ring (bicyclic) bond motifs is 1. The molecule has 27 heavy (non-hydrogen) atoms. The van der Waals surface area contributed by atoms with Crippen LogP contribution in [0.4, 0.5) is 5.69 Å². The first-order valence-electron chi connectivity index (χ1n) is 8.87. The standard InChI is InChI=1S/C21H27N3O.2ClH/c1-21(2,24-12-11-17-5-3-4-6-18(17)14-24)15-23-20(25)13-16-7-9-19(22)10-8-16;;/h3-10H,11-15,22H2,1-2H3,(H,23,25);2*1H. The molecule has 2 aromatic rings. The monoisotopic (exact) mass is 409 g/mol. The van der Waals surface area contributed by atoms with E-state index < -0.39 is 0 Å². The summed E-state index contributed by atoms with van der Waals surface area (Å²) in [5.74, 6) is 0.0512. The lowest BCUT2D eigenvalue weighted by atomic mass is 9.94. The molecule has 1 amide bonds. The van der Waals surface area contributed by atoms with Crippen LogP contribution in [-0.4, -0.2) is 29.4 Å². The topological polar surface area (TPSA) is 58.4 Å². The van der Waals surface area contributed by atoms with Crippen LogP contribution in [0.1, 0.15) is 30.5 Å². The van der Waals surface area contributed by atoms with Crippen molar-refractivity contribution in [3.63, 3.8) is 0 Å². The minimum Gasteiger partial charge on any atom is -0.399 e. The Hall–Kier alpha value is -1.75. The third kappa shape index (κ3) is 6.13. The molecule has 0 bridgehead atoms. The average molecular weight is 410 g/mol. The Morgan fingerprint density at radius 2 is 1.70 bits per heavy atom. The molecule has 0 saturated heterocycles. The van der Waals surface area contributed by atoms with Crippen LogP contribution in [0.15, 0.2) is 48.5 Å². The van der Waals surface area contributed by atoms with Crippen molar-refractivity contribution in [3.05, 3.63) is 65.2 Å². The number of nitrogen functional groups attached to an aromatic ring is 1. The van der Waals surface area contributed by atoms with Crippen LogP contribution >= 0.6 is 24.8 Å². The molecule has 3 N–H and O–H groups in total. The van der Waals surface area contributed by atoms with E-state index in [-0.39, 0.29) is 36.3 Å². The van der Waals surface area contributed by atoms with Gasteiger partial charge in [0, 0.05) is 30.9 Å². The number of benzene rings is 2. The van der Waals surface area contributed by atoms with Gasteiger partial charge in [-0.1, -0.05) is 36.4 Å². The highest BCUT2D eigenvalue weighted by Crippen LogP contribution is 2.24. The summed E-state index contributed by atoms with van der Waals surface area (Å²) < 4.78 is 0. The SMILES string of the molecule is CC(C)(CNC(=O)Cc1ccc(N)cc1)N1CCc2ccccc2C1.Cl.Cl. The number of amides is 1. The zero-order chi connectivity index (χ0) is 17.9. The van der Waals surface area contributed by atoms with E-state index in [1.165, 1.54) is 11.1 Å². The molecule has 1 heterocycles. The van der Waals surface area contributed by atoms with E-state index in [4.69, 9.17) is 5.73 Å². The van der Waals surface area contributed by atoms with Crippen molar-refractivity contribution in [2.24, 2.45) is 0 Å². The van der Waals surface area contributed by atoms with Crippen LogP contribution in [0.5, 0.6) is 0 Å². The van der Waals surface area contributed by atoms with Crippen LogP contribution in [0, 0.1) is 0 Å². The molecule has 6 heteroatoms. The predicted molar refractivity (Wildman–Crippen MR) is 117 cm³/mol. The summed E-state index contributed by atoms with van der Waals surface area (Å²) in [4.78, 5) is 14.7. The van der Waals surface area contributed by atoms with Crippen molar-refractivity contribution < 1.29 is 4.79 Å². The predicted octanol–water partition coefficient (Wildman–Crippen LogP) is 3.61. The second-order valence-electron chi connectivity index (χ2n) is 7.45. The zero-order valence-corrected chi connectivity index (χ0v) is 17.5. The lowest BCUT2D eigenvalue weighted by Crippen LogP contribution is -2.53. The second-order valence-corrected chi connectivity index (χ2v) is 7.45. The Morgan fingerprint density at radius 3 is 2.37 bits per heavy atom.